The summed E-state index contributed by atoms with van der Waals surface area (Å²) in [4.78, 5) is 39.8. The molecule has 6 rings (SSSR count). The Bertz CT molecular complexity index is 1740. The van der Waals surface area contributed by atoms with Crippen molar-refractivity contribution in [3.63, 3.8) is 0 Å². The molecular formula is C40H50N3O17P. The Labute approximate surface area is 349 Å². The van der Waals surface area contributed by atoms with Gasteiger partial charge in [-0.1, -0.05) is 43.3 Å². The third-order valence-corrected chi connectivity index (χ3v) is 13.4. The van der Waals surface area contributed by atoms with Crippen molar-refractivity contribution in [1.29, 1.82) is 0 Å². The fourth-order valence-corrected chi connectivity index (χ4v) is 9.62. The molecule has 3 heterocycles. The van der Waals surface area contributed by atoms with Gasteiger partial charge in [0.15, 0.2) is 18.9 Å². The van der Waals surface area contributed by atoms with E-state index in [1.54, 1.807) is 43.3 Å². The quantitative estimate of drug-likeness (QED) is 0.0755. The van der Waals surface area contributed by atoms with Crippen LogP contribution in [0.1, 0.15) is 44.4 Å². The number of nitrogens with one attached hydrogen (secondary N) is 3. The predicted octanol–water partition coefficient (Wildman–Crippen LogP) is -5.55. The van der Waals surface area contributed by atoms with Crippen LogP contribution in [0.25, 0.3) is 0 Å². The molecule has 3 fully saturated rings. The van der Waals surface area contributed by atoms with E-state index in [0.29, 0.717) is 22.3 Å². The summed E-state index contributed by atoms with van der Waals surface area (Å²) in [5.74, 6) is -2.12. The summed E-state index contributed by atoms with van der Waals surface area (Å²) in [6.45, 7) is 0.352. The number of carbonyl (C=O) groups excluding carboxylic acids is 3. The molecule has 3 aromatic rings. The van der Waals surface area contributed by atoms with E-state index in [1.807, 2.05) is 0 Å². The van der Waals surface area contributed by atoms with Crippen LogP contribution in [0, 0.1) is 0 Å². The lowest BCUT2D eigenvalue weighted by atomic mass is 9.95. The molecule has 3 amide bonds. The minimum absolute atomic E-state index is 0.105. The van der Waals surface area contributed by atoms with Crippen LogP contribution in [0.5, 0.6) is 0 Å². The number of amides is 3. The van der Waals surface area contributed by atoms with Gasteiger partial charge in [0.1, 0.15) is 67.0 Å². The molecule has 20 nitrogen and oxygen atoms in total. The minimum Gasteiger partial charge on any atom is -0.394 e. The third kappa shape index (κ3) is 9.94. The lowest BCUT2D eigenvalue weighted by Gasteiger charge is -2.40. The molecule has 0 aromatic heterocycles. The number of benzene rings is 3. The van der Waals surface area contributed by atoms with Gasteiger partial charge in [0, 0.05) is 16.7 Å². The van der Waals surface area contributed by atoms with Crippen molar-refractivity contribution in [2.45, 2.75) is 105 Å². The highest BCUT2D eigenvalue weighted by atomic mass is 31.1. The first-order chi connectivity index (χ1) is 29.1. The molecule has 21 heteroatoms. The number of ether oxygens (including phenoxy) is 3. The lowest BCUT2D eigenvalue weighted by molar-refractivity contribution is -0.252. The summed E-state index contributed by atoms with van der Waals surface area (Å²) < 4.78 is 15.6. The zero-order valence-corrected chi connectivity index (χ0v) is 33.4. The van der Waals surface area contributed by atoms with Crippen LogP contribution in [0.4, 0.5) is 0 Å². The monoisotopic (exact) mass is 875 g/mol. The second-order valence-electron chi connectivity index (χ2n) is 14.9. The summed E-state index contributed by atoms with van der Waals surface area (Å²) in [6.07, 6.45) is -17.4. The Balaban J connectivity index is 1.24. The normalized spacial score (nSPS) is 34.5. The van der Waals surface area contributed by atoms with Gasteiger partial charge in [0.25, 0.3) is 17.7 Å². The molecule has 3 aromatic carbocycles. The number of carbonyl (C=O) groups is 3. The fourth-order valence-electron chi connectivity index (χ4n) is 7.38. The maximum absolute atomic E-state index is 13.3. The average molecular weight is 876 g/mol. The van der Waals surface area contributed by atoms with Crippen LogP contribution in [-0.4, -0.2) is 179 Å². The molecule has 0 bridgehead atoms. The summed E-state index contributed by atoms with van der Waals surface area (Å²) in [7, 11) is -1.51. The van der Waals surface area contributed by atoms with Crippen LogP contribution < -0.4 is 31.9 Å². The molecule has 332 valence electrons. The molecule has 0 aliphatic carbocycles. The first-order valence-electron chi connectivity index (χ1n) is 19.4. The van der Waals surface area contributed by atoms with Crippen LogP contribution in [0.2, 0.25) is 0 Å². The number of aliphatic hydroxyl groups excluding tert-OH is 11. The number of aliphatic hydroxyl groups is 11. The van der Waals surface area contributed by atoms with Crippen LogP contribution in [0.3, 0.4) is 0 Å². The van der Waals surface area contributed by atoms with Crippen molar-refractivity contribution in [3.05, 3.63) is 89.5 Å². The van der Waals surface area contributed by atoms with Gasteiger partial charge in [-0.15, -0.1) is 0 Å². The summed E-state index contributed by atoms with van der Waals surface area (Å²) in [6, 6.07) is 14.7. The van der Waals surface area contributed by atoms with E-state index < -0.39 is 131 Å². The highest BCUT2D eigenvalue weighted by molar-refractivity contribution is 7.79. The van der Waals surface area contributed by atoms with Crippen molar-refractivity contribution in [2.24, 2.45) is 0 Å². The first kappa shape index (κ1) is 46.4. The smallest absolute Gasteiger partial charge is 0.251 e. The Hall–Kier alpha value is -4.06. The minimum atomic E-state index is -1.73. The van der Waals surface area contributed by atoms with E-state index in [2.05, 4.69) is 16.0 Å². The van der Waals surface area contributed by atoms with Gasteiger partial charge in [0.2, 0.25) is 0 Å². The average Bonchev–Trinajstić information content (AvgIpc) is 3.26. The van der Waals surface area contributed by atoms with Crippen molar-refractivity contribution in [1.82, 2.24) is 16.0 Å². The SMILES string of the molecule is CCC1OC(O)C(NC(=O)c2ccc(P(c3ccc(C(=O)NC4C(O)OC(CO)C(O)C4O)cc3)c3ccc(C(=O)NC4C(O)OC(CO)C(O)C4O)cc3)cc2)C(O)C1O. The molecule has 15 atom stereocenters. The zero-order chi connectivity index (χ0) is 44.3. The molecule has 0 radical (unpaired) electrons. The first-order valence-corrected chi connectivity index (χ1v) is 20.8. The van der Waals surface area contributed by atoms with E-state index >= 15 is 0 Å². The number of hydrogen-bond acceptors (Lipinski definition) is 17. The highest BCUT2D eigenvalue weighted by Crippen LogP contribution is 2.34. The Morgan fingerprint density at radius 3 is 0.984 bits per heavy atom. The van der Waals surface area contributed by atoms with Gasteiger partial charge in [-0.05, 0) is 66.7 Å². The fraction of sp³-hybridized carbons (Fsp3) is 0.475. The molecule has 0 spiro atoms. The third-order valence-electron chi connectivity index (χ3n) is 11.0. The number of hydrogen-bond donors (Lipinski definition) is 14. The summed E-state index contributed by atoms with van der Waals surface area (Å²) in [5.41, 5.74) is 0.352. The highest BCUT2D eigenvalue weighted by Gasteiger charge is 2.46. The van der Waals surface area contributed by atoms with Crippen molar-refractivity contribution in [3.8, 4) is 0 Å². The van der Waals surface area contributed by atoms with Gasteiger partial charge in [-0.25, -0.2) is 0 Å². The van der Waals surface area contributed by atoms with E-state index in [1.165, 1.54) is 36.4 Å². The molecule has 15 unspecified atom stereocenters. The summed E-state index contributed by atoms with van der Waals surface area (Å²) in [5, 5.41) is 122. The Morgan fingerprint density at radius 2 is 0.721 bits per heavy atom. The predicted molar refractivity (Wildman–Crippen MR) is 212 cm³/mol. The Kier molecular flexibility index (Phi) is 15.2. The van der Waals surface area contributed by atoms with Gasteiger partial charge in [-0.2, -0.15) is 0 Å². The molecule has 61 heavy (non-hydrogen) atoms. The molecule has 3 aliphatic heterocycles. The maximum atomic E-state index is 13.3. The second kappa shape index (κ2) is 20.0. The molecule has 3 aliphatic rings. The van der Waals surface area contributed by atoms with Crippen LogP contribution in [-0.2, 0) is 14.2 Å². The second-order valence-corrected chi connectivity index (χ2v) is 17.1. The molecule has 14 N–H and O–H groups in total. The van der Waals surface area contributed by atoms with Gasteiger partial charge in [-0.3, -0.25) is 14.4 Å². The van der Waals surface area contributed by atoms with Crippen molar-refractivity contribution in [2.75, 3.05) is 13.2 Å². The molecule has 0 saturated carbocycles. The lowest BCUT2D eigenvalue weighted by Crippen LogP contribution is -2.64. The van der Waals surface area contributed by atoms with Gasteiger partial charge in [0.05, 0.1) is 19.3 Å². The molecular weight excluding hydrogens is 825 g/mol. The summed E-state index contributed by atoms with van der Waals surface area (Å²) >= 11 is 0. The van der Waals surface area contributed by atoms with E-state index in [0.717, 1.165) is 0 Å². The molecule has 3 saturated heterocycles. The van der Waals surface area contributed by atoms with Gasteiger partial charge < -0.3 is 86.3 Å². The zero-order valence-electron chi connectivity index (χ0n) is 32.5. The Morgan fingerprint density at radius 1 is 0.459 bits per heavy atom. The van der Waals surface area contributed by atoms with Gasteiger partial charge >= 0.3 is 0 Å². The standard InChI is InChI=1S/C40H50N3O17P/c1-2-23-29(46)32(49)26(38(55)58-23)41-35(52)17-3-9-20(10-4-17)61(21-11-5-18(6-12-21)36(53)42-27-33(50)30(47)24(15-44)59-39(27)56)22-13-7-19(8-14-22)37(54)43-28-34(51)31(48)25(16-45)60-40(28)57/h3-14,23-34,38-40,44-51,55-57H,2,15-16H2,1H3,(H,41,52)(H,42,53)(H,43,54). The van der Waals surface area contributed by atoms with E-state index in [4.69, 9.17) is 14.2 Å². The van der Waals surface area contributed by atoms with Crippen molar-refractivity contribution < 1.29 is 84.8 Å². The largest absolute Gasteiger partial charge is 0.394 e. The van der Waals surface area contributed by atoms with E-state index in [9.17, 15) is 70.6 Å². The maximum Gasteiger partial charge on any atom is 0.251 e. The van der Waals surface area contributed by atoms with Crippen LogP contribution in [0.15, 0.2) is 72.8 Å². The topological polar surface area (TPSA) is 338 Å². The number of rotatable bonds is 12. The van der Waals surface area contributed by atoms with Crippen molar-refractivity contribution >= 4 is 41.6 Å². The van der Waals surface area contributed by atoms with E-state index in [-0.39, 0.29) is 16.7 Å². The van der Waals surface area contributed by atoms with Crippen LogP contribution >= 0.6 is 7.92 Å².